The van der Waals surface area contributed by atoms with Gasteiger partial charge in [0, 0.05) is 12.6 Å². The van der Waals surface area contributed by atoms with Crippen LogP contribution in [-0.2, 0) is 0 Å². The minimum absolute atomic E-state index is 0.290. The summed E-state index contributed by atoms with van der Waals surface area (Å²) in [5.41, 5.74) is 1.23. The van der Waals surface area contributed by atoms with Gasteiger partial charge in [-0.1, -0.05) is 12.1 Å². The Kier molecular flexibility index (Phi) is 5.02. The summed E-state index contributed by atoms with van der Waals surface area (Å²) in [5, 5.41) is 9.23. The molecule has 0 bridgehead atoms. The highest BCUT2D eigenvalue weighted by atomic mass is 16.5. The molecule has 1 saturated heterocycles. The van der Waals surface area contributed by atoms with Crippen molar-refractivity contribution in [2.45, 2.75) is 32.2 Å². The van der Waals surface area contributed by atoms with Crippen molar-refractivity contribution < 1.29 is 9.84 Å². The minimum Gasteiger partial charge on any atom is -0.494 e. The smallest absolute Gasteiger partial charge is 0.119 e. The Bertz CT molecular complexity index is 367. The molecule has 18 heavy (non-hydrogen) atoms. The van der Waals surface area contributed by atoms with E-state index in [0.717, 1.165) is 38.3 Å². The fourth-order valence-corrected chi connectivity index (χ4v) is 2.56. The van der Waals surface area contributed by atoms with E-state index in [9.17, 15) is 5.11 Å². The molecule has 0 amide bonds. The molecule has 0 spiro atoms. The van der Waals surface area contributed by atoms with E-state index in [-0.39, 0.29) is 0 Å². The predicted molar refractivity (Wildman–Crippen MR) is 73.0 cm³/mol. The maximum absolute atomic E-state index is 9.23. The third-order valence-corrected chi connectivity index (χ3v) is 3.56. The Labute approximate surface area is 109 Å². The highest BCUT2D eigenvalue weighted by molar-refractivity contribution is 5.27. The van der Waals surface area contributed by atoms with E-state index in [1.165, 1.54) is 12.0 Å². The molecule has 0 aromatic heterocycles. The lowest BCUT2D eigenvalue weighted by Crippen LogP contribution is -2.33. The van der Waals surface area contributed by atoms with E-state index in [0.29, 0.717) is 12.6 Å². The molecule has 1 aromatic rings. The van der Waals surface area contributed by atoms with Crippen LogP contribution in [0.2, 0.25) is 0 Å². The lowest BCUT2D eigenvalue weighted by molar-refractivity contribution is 0.150. The van der Waals surface area contributed by atoms with E-state index in [4.69, 9.17) is 4.74 Å². The van der Waals surface area contributed by atoms with E-state index in [2.05, 4.69) is 24.0 Å². The largest absolute Gasteiger partial charge is 0.494 e. The number of aliphatic hydroxyl groups excluding tert-OH is 1. The lowest BCUT2D eigenvalue weighted by Gasteiger charge is -2.22. The van der Waals surface area contributed by atoms with Crippen LogP contribution in [0.4, 0.5) is 0 Å². The van der Waals surface area contributed by atoms with Gasteiger partial charge in [0.1, 0.15) is 5.75 Å². The van der Waals surface area contributed by atoms with Gasteiger partial charge in [-0.3, -0.25) is 4.90 Å². The van der Waals surface area contributed by atoms with Crippen LogP contribution in [0.15, 0.2) is 24.3 Å². The third-order valence-electron chi connectivity index (χ3n) is 3.56. The normalized spacial score (nSPS) is 20.2. The molecule has 1 atom stereocenters. The van der Waals surface area contributed by atoms with Gasteiger partial charge in [0.25, 0.3) is 0 Å². The lowest BCUT2D eigenvalue weighted by atomic mass is 10.2. The first kappa shape index (κ1) is 13.4. The van der Waals surface area contributed by atoms with Crippen LogP contribution >= 0.6 is 0 Å². The van der Waals surface area contributed by atoms with Crippen molar-refractivity contribution in [3.63, 3.8) is 0 Å². The Hall–Kier alpha value is -1.06. The molecule has 100 valence electrons. The number of hydrogen-bond donors (Lipinski definition) is 1. The van der Waals surface area contributed by atoms with E-state index < -0.39 is 0 Å². The third kappa shape index (κ3) is 3.72. The number of ether oxygens (including phenoxy) is 1. The molecule has 1 N–H and O–H groups in total. The number of rotatable bonds is 6. The highest BCUT2D eigenvalue weighted by Gasteiger charge is 2.22. The summed E-state index contributed by atoms with van der Waals surface area (Å²) < 4.78 is 5.73. The zero-order valence-corrected chi connectivity index (χ0v) is 11.1. The summed E-state index contributed by atoms with van der Waals surface area (Å²) in [6.45, 7) is 5.26. The molecule has 1 aliphatic heterocycles. The zero-order valence-electron chi connectivity index (χ0n) is 11.1. The van der Waals surface area contributed by atoms with Gasteiger partial charge < -0.3 is 9.84 Å². The topological polar surface area (TPSA) is 32.7 Å². The number of benzene rings is 1. The van der Waals surface area contributed by atoms with Gasteiger partial charge >= 0.3 is 0 Å². The fourth-order valence-electron chi connectivity index (χ4n) is 2.56. The predicted octanol–water partition coefficient (Wildman–Crippen LogP) is 2.22. The summed E-state index contributed by atoms with van der Waals surface area (Å²) in [7, 11) is 0. The number of nitrogens with zero attached hydrogens (tertiary/aromatic N) is 1. The van der Waals surface area contributed by atoms with Gasteiger partial charge in [-0.15, -0.1) is 0 Å². The van der Waals surface area contributed by atoms with Gasteiger partial charge in [0.05, 0.1) is 13.2 Å². The molecule has 0 saturated carbocycles. The van der Waals surface area contributed by atoms with Crippen molar-refractivity contribution in [3.05, 3.63) is 29.8 Å². The molecule has 0 aliphatic carbocycles. The first-order valence-corrected chi connectivity index (χ1v) is 6.84. The molecule has 3 nitrogen and oxygen atoms in total. The first-order valence-electron chi connectivity index (χ1n) is 6.84. The number of aryl methyl sites for hydroxylation is 1. The second-order valence-electron chi connectivity index (χ2n) is 5.03. The van der Waals surface area contributed by atoms with Gasteiger partial charge in [0.2, 0.25) is 0 Å². The van der Waals surface area contributed by atoms with E-state index in [1.54, 1.807) is 0 Å². The van der Waals surface area contributed by atoms with Crippen LogP contribution in [-0.4, -0.2) is 42.4 Å². The SMILES string of the molecule is Cc1cccc(OCCCN2CCC[C@H]2CO)c1. The van der Waals surface area contributed by atoms with Gasteiger partial charge in [-0.25, -0.2) is 0 Å². The average Bonchev–Trinajstić information content (AvgIpc) is 2.82. The van der Waals surface area contributed by atoms with E-state index >= 15 is 0 Å². The summed E-state index contributed by atoms with van der Waals surface area (Å²) in [4.78, 5) is 2.37. The van der Waals surface area contributed by atoms with Crippen molar-refractivity contribution in [1.82, 2.24) is 4.90 Å². The number of hydrogen-bond acceptors (Lipinski definition) is 3. The second kappa shape index (κ2) is 6.76. The summed E-state index contributed by atoms with van der Waals surface area (Å²) in [6, 6.07) is 8.53. The van der Waals surface area contributed by atoms with Crippen molar-refractivity contribution in [3.8, 4) is 5.75 Å². The van der Waals surface area contributed by atoms with Crippen LogP contribution in [0.25, 0.3) is 0 Å². The Morgan fingerprint density at radius 1 is 1.44 bits per heavy atom. The quantitative estimate of drug-likeness (QED) is 0.785. The van der Waals surface area contributed by atoms with Gasteiger partial charge in [-0.2, -0.15) is 0 Å². The molecular formula is C15H23NO2. The fraction of sp³-hybridized carbons (Fsp3) is 0.600. The Morgan fingerprint density at radius 3 is 3.11 bits per heavy atom. The molecule has 1 heterocycles. The average molecular weight is 249 g/mol. The molecule has 1 aliphatic rings. The molecule has 3 heteroatoms. The van der Waals surface area contributed by atoms with Gasteiger partial charge in [-0.05, 0) is 50.4 Å². The minimum atomic E-state index is 0.290. The van der Waals surface area contributed by atoms with Crippen molar-refractivity contribution in [2.24, 2.45) is 0 Å². The van der Waals surface area contributed by atoms with Crippen molar-refractivity contribution in [2.75, 3.05) is 26.3 Å². The Balaban J connectivity index is 1.67. The maximum atomic E-state index is 9.23. The van der Waals surface area contributed by atoms with Crippen LogP contribution in [0, 0.1) is 6.92 Å². The number of likely N-dealkylation sites (tertiary alicyclic amines) is 1. The molecule has 0 radical (unpaired) electrons. The first-order chi connectivity index (χ1) is 8.79. The monoisotopic (exact) mass is 249 g/mol. The highest BCUT2D eigenvalue weighted by Crippen LogP contribution is 2.17. The molecular weight excluding hydrogens is 226 g/mol. The molecule has 1 fully saturated rings. The Morgan fingerprint density at radius 2 is 2.33 bits per heavy atom. The molecule has 1 aromatic carbocycles. The standard InChI is InChI=1S/C15H23NO2/c1-13-5-2-7-15(11-13)18-10-4-9-16-8-3-6-14(16)12-17/h2,5,7,11,14,17H,3-4,6,8-10,12H2,1H3/t14-/m0/s1. The summed E-state index contributed by atoms with van der Waals surface area (Å²) in [5.74, 6) is 0.954. The summed E-state index contributed by atoms with van der Waals surface area (Å²) in [6.07, 6.45) is 3.36. The number of aliphatic hydroxyl groups is 1. The molecule has 0 unspecified atom stereocenters. The summed E-state index contributed by atoms with van der Waals surface area (Å²) >= 11 is 0. The molecule has 2 rings (SSSR count). The van der Waals surface area contributed by atoms with E-state index in [1.807, 2.05) is 12.1 Å². The maximum Gasteiger partial charge on any atom is 0.119 e. The van der Waals surface area contributed by atoms with Crippen LogP contribution in [0.3, 0.4) is 0 Å². The van der Waals surface area contributed by atoms with Crippen molar-refractivity contribution in [1.29, 1.82) is 0 Å². The van der Waals surface area contributed by atoms with Crippen LogP contribution in [0.5, 0.6) is 5.75 Å². The zero-order chi connectivity index (χ0) is 12.8. The van der Waals surface area contributed by atoms with Crippen LogP contribution in [0.1, 0.15) is 24.8 Å². The van der Waals surface area contributed by atoms with Gasteiger partial charge in [0.15, 0.2) is 0 Å². The second-order valence-corrected chi connectivity index (χ2v) is 5.03. The van der Waals surface area contributed by atoms with Crippen LogP contribution < -0.4 is 4.74 Å². The van der Waals surface area contributed by atoms with Crippen molar-refractivity contribution >= 4 is 0 Å².